The number of carbonyl (C=O) groups excluding carboxylic acids is 1. The topological polar surface area (TPSA) is 89.3 Å². The van der Waals surface area contributed by atoms with E-state index in [2.05, 4.69) is 5.32 Å². The molecule has 0 aliphatic rings. The highest BCUT2D eigenvalue weighted by Crippen LogP contribution is 2.14. The summed E-state index contributed by atoms with van der Waals surface area (Å²) in [6, 6.07) is 15.4. The molecule has 2 aromatic rings. The van der Waals surface area contributed by atoms with Crippen LogP contribution in [0.5, 0.6) is 0 Å². The smallest absolute Gasteiger partial charge is 0.251 e. The summed E-state index contributed by atoms with van der Waals surface area (Å²) in [5, 5.41) is 7.85. The van der Waals surface area contributed by atoms with Gasteiger partial charge in [-0.1, -0.05) is 37.3 Å². The summed E-state index contributed by atoms with van der Waals surface area (Å²) in [6.45, 7) is 2.53. The normalized spacial score (nSPS) is 12.6. The number of nitrogens with one attached hydrogen (secondary N) is 1. The lowest BCUT2D eigenvalue weighted by molar-refractivity contribution is 0.0951. The van der Waals surface area contributed by atoms with Gasteiger partial charge in [-0.2, -0.15) is 0 Å². The maximum absolute atomic E-state index is 12.0. The SMILES string of the molecule is C[C@H](CNC(=O)c1ccc(S(N)(=O)=O)cc1)c1ccccc1. The van der Waals surface area contributed by atoms with E-state index in [0.717, 1.165) is 5.56 Å². The molecule has 2 rings (SSSR count). The Bertz CT molecular complexity index is 741. The van der Waals surface area contributed by atoms with Crippen LogP contribution < -0.4 is 10.5 Å². The standard InChI is InChI=1S/C16H18N2O3S/c1-12(13-5-3-2-4-6-13)11-18-16(19)14-7-9-15(10-8-14)22(17,20)21/h2-10,12H,11H2,1H3,(H,18,19)(H2,17,20,21)/t12-/m1/s1. The summed E-state index contributed by atoms with van der Waals surface area (Å²) < 4.78 is 22.3. The minimum atomic E-state index is -3.74. The predicted octanol–water partition coefficient (Wildman–Crippen LogP) is 1.87. The van der Waals surface area contributed by atoms with E-state index in [4.69, 9.17) is 5.14 Å². The van der Waals surface area contributed by atoms with Gasteiger partial charge in [-0.15, -0.1) is 0 Å². The van der Waals surface area contributed by atoms with Crippen LogP contribution in [0.2, 0.25) is 0 Å². The van der Waals surface area contributed by atoms with E-state index in [1.165, 1.54) is 24.3 Å². The molecule has 0 spiro atoms. The summed E-state index contributed by atoms with van der Waals surface area (Å²) in [5.41, 5.74) is 1.54. The van der Waals surface area contributed by atoms with Crippen molar-refractivity contribution in [3.63, 3.8) is 0 Å². The zero-order valence-electron chi connectivity index (χ0n) is 12.2. The Labute approximate surface area is 130 Å². The van der Waals surface area contributed by atoms with Crippen molar-refractivity contribution in [3.05, 3.63) is 65.7 Å². The molecule has 0 aliphatic heterocycles. The lowest BCUT2D eigenvalue weighted by Crippen LogP contribution is -2.27. The summed E-state index contributed by atoms with van der Waals surface area (Å²) >= 11 is 0. The molecule has 0 aromatic heterocycles. The Balaban J connectivity index is 1.98. The lowest BCUT2D eigenvalue weighted by atomic mass is 10.0. The van der Waals surface area contributed by atoms with Gasteiger partial charge in [0.05, 0.1) is 4.90 Å². The first-order valence-corrected chi connectivity index (χ1v) is 8.38. The first kappa shape index (κ1) is 16.2. The Kier molecular flexibility index (Phi) is 4.95. The molecule has 1 atom stereocenters. The quantitative estimate of drug-likeness (QED) is 0.882. The molecule has 3 N–H and O–H groups in total. The van der Waals surface area contributed by atoms with Gasteiger partial charge < -0.3 is 5.32 Å². The molecule has 6 heteroatoms. The minimum absolute atomic E-state index is 0.0123. The van der Waals surface area contributed by atoms with Crippen LogP contribution in [0.15, 0.2) is 59.5 Å². The third-order valence-electron chi connectivity index (χ3n) is 3.38. The second-order valence-corrected chi connectivity index (χ2v) is 6.65. The van der Waals surface area contributed by atoms with Gasteiger partial charge in [0.25, 0.3) is 5.91 Å². The summed E-state index contributed by atoms with van der Waals surface area (Å²) in [6.07, 6.45) is 0. The van der Waals surface area contributed by atoms with E-state index in [0.29, 0.717) is 12.1 Å². The van der Waals surface area contributed by atoms with Gasteiger partial charge in [0.1, 0.15) is 0 Å². The van der Waals surface area contributed by atoms with E-state index in [9.17, 15) is 13.2 Å². The van der Waals surface area contributed by atoms with Crippen molar-refractivity contribution in [1.29, 1.82) is 0 Å². The van der Waals surface area contributed by atoms with E-state index >= 15 is 0 Å². The first-order chi connectivity index (χ1) is 10.4. The number of carbonyl (C=O) groups is 1. The molecule has 1 amide bonds. The number of rotatable bonds is 5. The maximum Gasteiger partial charge on any atom is 0.251 e. The van der Waals surface area contributed by atoms with Gasteiger partial charge >= 0.3 is 0 Å². The molecule has 0 bridgehead atoms. The zero-order chi connectivity index (χ0) is 16.2. The molecule has 0 saturated heterocycles. The predicted molar refractivity (Wildman–Crippen MR) is 85.0 cm³/mol. The number of hydrogen-bond acceptors (Lipinski definition) is 3. The molecule has 0 unspecified atom stereocenters. The van der Waals surface area contributed by atoms with Crippen LogP contribution in [0, 0.1) is 0 Å². The van der Waals surface area contributed by atoms with Crippen molar-refractivity contribution in [2.45, 2.75) is 17.7 Å². The number of amides is 1. The van der Waals surface area contributed by atoms with E-state index in [-0.39, 0.29) is 16.7 Å². The van der Waals surface area contributed by atoms with Gasteiger partial charge in [0.15, 0.2) is 0 Å². The van der Waals surface area contributed by atoms with Crippen molar-refractivity contribution in [2.24, 2.45) is 5.14 Å². The maximum atomic E-state index is 12.0. The molecule has 22 heavy (non-hydrogen) atoms. The molecule has 0 saturated carbocycles. The van der Waals surface area contributed by atoms with Crippen LogP contribution in [0.1, 0.15) is 28.8 Å². The van der Waals surface area contributed by atoms with Crippen molar-refractivity contribution in [2.75, 3.05) is 6.54 Å². The third-order valence-corrected chi connectivity index (χ3v) is 4.31. The molecule has 0 heterocycles. The highest BCUT2D eigenvalue weighted by atomic mass is 32.2. The van der Waals surface area contributed by atoms with Crippen molar-refractivity contribution >= 4 is 15.9 Å². The number of sulfonamides is 1. The van der Waals surface area contributed by atoms with E-state index in [1.54, 1.807) is 0 Å². The van der Waals surface area contributed by atoms with Crippen LogP contribution in [-0.4, -0.2) is 20.9 Å². The molecule has 5 nitrogen and oxygen atoms in total. The summed E-state index contributed by atoms with van der Waals surface area (Å²) in [5.74, 6) is -0.0578. The Morgan fingerprint density at radius 3 is 2.23 bits per heavy atom. The van der Waals surface area contributed by atoms with Crippen LogP contribution in [0.3, 0.4) is 0 Å². The fourth-order valence-corrected chi connectivity index (χ4v) is 2.56. The molecular weight excluding hydrogens is 300 g/mol. The van der Waals surface area contributed by atoms with E-state index in [1.807, 2.05) is 37.3 Å². The van der Waals surface area contributed by atoms with Crippen LogP contribution >= 0.6 is 0 Å². The van der Waals surface area contributed by atoms with Gasteiger partial charge in [-0.3, -0.25) is 4.79 Å². The Morgan fingerprint density at radius 1 is 1.09 bits per heavy atom. The second kappa shape index (κ2) is 6.72. The zero-order valence-corrected chi connectivity index (χ0v) is 13.0. The highest BCUT2D eigenvalue weighted by molar-refractivity contribution is 7.89. The van der Waals surface area contributed by atoms with Crippen LogP contribution in [0.25, 0.3) is 0 Å². The number of primary sulfonamides is 1. The largest absolute Gasteiger partial charge is 0.351 e. The van der Waals surface area contributed by atoms with Gasteiger partial charge in [0.2, 0.25) is 10.0 Å². The van der Waals surface area contributed by atoms with Gasteiger partial charge in [-0.05, 0) is 35.7 Å². The lowest BCUT2D eigenvalue weighted by Gasteiger charge is -2.13. The Morgan fingerprint density at radius 2 is 1.68 bits per heavy atom. The summed E-state index contributed by atoms with van der Waals surface area (Å²) in [7, 11) is -3.74. The highest BCUT2D eigenvalue weighted by Gasteiger charge is 2.11. The molecular formula is C16H18N2O3S. The average molecular weight is 318 g/mol. The molecule has 116 valence electrons. The molecule has 0 fully saturated rings. The third kappa shape index (κ3) is 4.16. The number of hydrogen-bond donors (Lipinski definition) is 2. The monoisotopic (exact) mass is 318 g/mol. The number of benzene rings is 2. The average Bonchev–Trinajstić information content (AvgIpc) is 2.52. The van der Waals surface area contributed by atoms with Crippen molar-refractivity contribution in [1.82, 2.24) is 5.32 Å². The number of nitrogens with two attached hydrogens (primary N) is 1. The van der Waals surface area contributed by atoms with Gasteiger partial charge in [0, 0.05) is 12.1 Å². The van der Waals surface area contributed by atoms with Crippen LogP contribution in [-0.2, 0) is 10.0 Å². The van der Waals surface area contributed by atoms with E-state index < -0.39 is 10.0 Å². The minimum Gasteiger partial charge on any atom is -0.351 e. The van der Waals surface area contributed by atoms with Crippen LogP contribution in [0.4, 0.5) is 0 Å². The molecule has 2 aromatic carbocycles. The van der Waals surface area contributed by atoms with Gasteiger partial charge in [-0.25, -0.2) is 13.6 Å². The second-order valence-electron chi connectivity index (χ2n) is 5.09. The fourth-order valence-electron chi connectivity index (χ4n) is 2.04. The Hall–Kier alpha value is -2.18. The van der Waals surface area contributed by atoms with Crippen molar-refractivity contribution in [3.8, 4) is 0 Å². The summed E-state index contributed by atoms with van der Waals surface area (Å²) in [4.78, 5) is 12.0. The molecule has 0 radical (unpaired) electrons. The van der Waals surface area contributed by atoms with Crippen molar-refractivity contribution < 1.29 is 13.2 Å². The fraction of sp³-hybridized carbons (Fsp3) is 0.188. The first-order valence-electron chi connectivity index (χ1n) is 6.84. The molecule has 0 aliphatic carbocycles.